The largest absolute Gasteiger partial charge is 0.506 e. The second-order valence-electron chi connectivity index (χ2n) is 5.17. The molecule has 0 bridgehead atoms. The zero-order chi connectivity index (χ0) is 17.3. The first kappa shape index (κ1) is 16.7. The number of halogens is 2. The molecule has 120 valence electrons. The molecule has 2 aromatic carbocycles. The van der Waals surface area contributed by atoms with Crippen LogP contribution in [0.4, 0.5) is 0 Å². The van der Waals surface area contributed by atoms with Crippen molar-refractivity contribution in [2.24, 2.45) is 0 Å². The van der Waals surface area contributed by atoms with Gasteiger partial charge in [-0.25, -0.2) is 4.98 Å². The van der Waals surface area contributed by atoms with E-state index in [1.807, 2.05) is 35.8 Å². The van der Waals surface area contributed by atoms with Gasteiger partial charge in [0.15, 0.2) is 5.82 Å². The van der Waals surface area contributed by atoms with Crippen LogP contribution in [-0.2, 0) is 6.54 Å². The summed E-state index contributed by atoms with van der Waals surface area (Å²) < 4.78 is 3.14. The molecule has 3 aromatic rings. The van der Waals surface area contributed by atoms with Crippen molar-refractivity contribution >= 4 is 54.5 Å². The van der Waals surface area contributed by atoms with E-state index in [0.29, 0.717) is 20.3 Å². The second kappa shape index (κ2) is 6.80. The van der Waals surface area contributed by atoms with E-state index < -0.39 is 0 Å². The third-order valence-electron chi connectivity index (χ3n) is 3.68. The molecule has 1 heterocycles. The van der Waals surface area contributed by atoms with E-state index in [-0.39, 0.29) is 5.75 Å². The maximum atomic E-state index is 9.82. The molecule has 0 unspecified atom stereocenters. The highest BCUT2D eigenvalue weighted by Crippen LogP contribution is 2.34. The molecule has 0 fully saturated rings. The lowest BCUT2D eigenvalue weighted by Crippen LogP contribution is -2.00. The van der Waals surface area contributed by atoms with Gasteiger partial charge >= 0.3 is 0 Å². The molecule has 0 amide bonds. The van der Waals surface area contributed by atoms with Gasteiger partial charge in [-0.3, -0.25) is 0 Å². The Hall–Kier alpha value is -2.10. The topological polar surface area (TPSA) is 61.8 Å². The number of rotatable bonds is 3. The number of benzene rings is 2. The Morgan fingerprint density at radius 2 is 1.96 bits per heavy atom. The highest BCUT2D eigenvalue weighted by molar-refractivity contribution is 9.11. The lowest BCUT2D eigenvalue weighted by molar-refractivity contribution is 0.468. The minimum Gasteiger partial charge on any atom is -0.506 e. The third-order valence-corrected chi connectivity index (χ3v) is 4.89. The molecule has 1 N–H and O–H groups in total. The van der Waals surface area contributed by atoms with Gasteiger partial charge in [-0.2, -0.15) is 5.26 Å². The van der Waals surface area contributed by atoms with Gasteiger partial charge in [0.25, 0.3) is 0 Å². The van der Waals surface area contributed by atoms with Crippen molar-refractivity contribution in [1.82, 2.24) is 9.55 Å². The SMILES string of the molecule is CCn1c(/C(C#N)=C\c2cc(Br)c(O)c(Br)c2)nc2ccccc21. The number of fused-ring (bicyclic) bond motifs is 1. The van der Waals surface area contributed by atoms with Gasteiger partial charge in [0, 0.05) is 6.54 Å². The van der Waals surface area contributed by atoms with Gasteiger partial charge < -0.3 is 9.67 Å². The molecular formula is C18H13Br2N3O. The van der Waals surface area contributed by atoms with Gasteiger partial charge in [0.05, 0.1) is 25.6 Å². The Labute approximate surface area is 156 Å². The van der Waals surface area contributed by atoms with E-state index in [9.17, 15) is 10.4 Å². The van der Waals surface area contributed by atoms with Crippen LogP contribution in [0.1, 0.15) is 18.3 Å². The maximum Gasteiger partial charge on any atom is 0.151 e. The highest BCUT2D eigenvalue weighted by atomic mass is 79.9. The van der Waals surface area contributed by atoms with Gasteiger partial charge in [-0.1, -0.05) is 12.1 Å². The molecule has 0 aliphatic carbocycles. The number of imidazole rings is 1. The van der Waals surface area contributed by atoms with Gasteiger partial charge in [0.2, 0.25) is 0 Å². The first-order valence-electron chi connectivity index (χ1n) is 7.30. The Morgan fingerprint density at radius 3 is 2.58 bits per heavy atom. The maximum absolute atomic E-state index is 9.82. The number of hydrogen-bond acceptors (Lipinski definition) is 3. The van der Waals surface area contributed by atoms with Gasteiger partial charge in [0.1, 0.15) is 11.8 Å². The minimum atomic E-state index is 0.131. The van der Waals surface area contributed by atoms with Crippen LogP contribution in [0.15, 0.2) is 45.3 Å². The zero-order valence-electron chi connectivity index (χ0n) is 12.8. The third kappa shape index (κ3) is 2.97. The van der Waals surface area contributed by atoms with Crippen LogP contribution >= 0.6 is 31.9 Å². The lowest BCUT2D eigenvalue weighted by atomic mass is 10.1. The van der Waals surface area contributed by atoms with Gasteiger partial charge in [-0.15, -0.1) is 0 Å². The summed E-state index contributed by atoms with van der Waals surface area (Å²) in [5.41, 5.74) is 3.13. The summed E-state index contributed by atoms with van der Waals surface area (Å²) in [6, 6.07) is 13.6. The smallest absolute Gasteiger partial charge is 0.151 e. The molecule has 0 atom stereocenters. The highest BCUT2D eigenvalue weighted by Gasteiger charge is 2.14. The fourth-order valence-corrected chi connectivity index (χ4v) is 3.81. The molecule has 0 saturated heterocycles. The summed E-state index contributed by atoms with van der Waals surface area (Å²) in [4.78, 5) is 4.61. The van der Waals surface area contributed by atoms with E-state index in [4.69, 9.17) is 0 Å². The number of nitrogens with zero attached hydrogens (tertiary/aromatic N) is 3. The van der Waals surface area contributed by atoms with Crippen LogP contribution < -0.4 is 0 Å². The first-order chi connectivity index (χ1) is 11.5. The monoisotopic (exact) mass is 445 g/mol. The van der Waals surface area contributed by atoms with Crippen molar-refractivity contribution < 1.29 is 5.11 Å². The Morgan fingerprint density at radius 1 is 1.29 bits per heavy atom. The predicted molar refractivity (Wildman–Crippen MR) is 102 cm³/mol. The van der Waals surface area contributed by atoms with E-state index >= 15 is 0 Å². The van der Waals surface area contributed by atoms with Crippen molar-refractivity contribution in [2.75, 3.05) is 0 Å². The average molecular weight is 447 g/mol. The number of allylic oxidation sites excluding steroid dienone is 1. The first-order valence-corrected chi connectivity index (χ1v) is 8.89. The number of phenols is 1. The van der Waals surface area contributed by atoms with Crippen LogP contribution in [0, 0.1) is 11.3 Å². The van der Waals surface area contributed by atoms with Crippen LogP contribution in [0.25, 0.3) is 22.7 Å². The van der Waals surface area contributed by atoms with E-state index in [0.717, 1.165) is 23.1 Å². The van der Waals surface area contributed by atoms with Crippen molar-refractivity contribution in [3.05, 3.63) is 56.7 Å². The molecule has 0 aliphatic heterocycles. The van der Waals surface area contributed by atoms with E-state index in [1.54, 1.807) is 18.2 Å². The van der Waals surface area contributed by atoms with Crippen molar-refractivity contribution in [2.45, 2.75) is 13.5 Å². The average Bonchev–Trinajstić information content (AvgIpc) is 2.95. The molecule has 1 aromatic heterocycles. The molecular weight excluding hydrogens is 434 g/mol. The van der Waals surface area contributed by atoms with E-state index in [2.05, 4.69) is 42.9 Å². The number of nitriles is 1. The molecule has 0 spiro atoms. The number of aromatic hydroxyl groups is 1. The summed E-state index contributed by atoms with van der Waals surface area (Å²) in [6.45, 7) is 2.75. The number of para-hydroxylation sites is 2. The zero-order valence-corrected chi connectivity index (χ0v) is 16.0. The van der Waals surface area contributed by atoms with E-state index in [1.165, 1.54) is 0 Å². The van der Waals surface area contributed by atoms with Crippen LogP contribution in [0.5, 0.6) is 5.75 Å². The Kier molecular flexibility index (Phi) is 4.74. The molecule has 0 aliphatic rings. The Balaban J connectivity index is 2.18. The quantitative estimate of drug-likeness (QED) is 0.551. The van der Waals surface area contributed by atoms with Crippen molar-refractivity contribution in [1.29, 1.82) is 5.26 Å². The fourth-order valence-electron chi connectivity index (χ4n) is 2.58. The molecule has 24 heavy (non-hydrogen) atoms. The standard InChI is InChI=1S/C18H13Br2N3O/c1-2-23-16-6-4-3-5-15(16)22-18(23)12(10-21)7-11-8-13(19)17(24)14(20)9-11/h3-9,24H,2H2,1H3/b12-7-. The molecule has 0 radical (unpaired) electrons. The number of aryl methyl sites for hydroxylation is 1. The van der Waals surface area contributed by atoms with Crippen molar-refractivity contribution in [3.8, 4) is 11.8 Å². The molecule has 4 nitrogen and oxygen atoms in total. The number of aromatic nitrogens is 2. The predicted octanol–water partition coefficient (Wildman–Crippen LogP) is 5.35. The second-order valence-corrected chi connectivity index (χ2v) is 6.88. The number of phenolic OH excluding ortho intramolecular Hbond substituents is 1. The summed E-state index contributed by atoms with van der Waals surface area (Å²) in [6.07, 6.45) is 1.77. The minimum absolute atomic E-state index is 0.131. The lowest BCUT2D eigenvalue weighted by Gasteiger charge is -2.06. The summed E-state index contributed by atoms with van der Waals surface area (Å²) in [7, 11) is 0. The fraction of sp³-hybridized carbons (Fsp3) is 0.111. The number of hydrogen-bond donors (Lipinski definition) is 1. The Bertz CT molecular complexity index is 976. The van der Waals surface area contributed by atoms with Crippen LogP contribution in [-0.4, -0.2) is 14.7 Å². The summed E-state index contributed by atoms with van der Waals surface area (Å²) in [5.74, 6) is 0.771. The summed E-state index contributed by atoms with van der Waals surface area (Å²) in [5, 5.41) is 19.5. The summed E-state index contributed by atoms with van der Waals surface area (Å²) >= 11 is 6.62. The molecule has 6 heteroatoms. The molecule has 0 saturated carbocycles. The van der Waals surface area contributed by atoms with Crippen LogP contribution in [0.3, 0.4) is 0 Å². The van der Waals surface area contributed by atoms with Gasteiger partial charge in [-0.05, 0) is 74.7 Å². The normalized spacial score (nSPS) is 11.7. The van der Waals surface area contributed by atoms with Crippen molar-refractivity contribution in [3.63, 3.8) is 0 Å². The molecule has 3 rings (SSSR count). The van der Waals surface area contributed by atoms with Crippen LogP contribution in [0.2, 0.25) is 0 Å².